The number of halogens is 3. The van der Waals surface area contributed by atoms with Gasteiger partial charge < -0.3 is 26.2 Å². The van der Waals surface area contributed by atoms with Crippen LogP contribution in [0.2, 0.25) is 0 Å². The lowest BCUT2D eigenvalue weighted by Crippen LogP contribution is -2.59. The van der Waals surface area contributed by atoms with Crippen molar-refractivity contribution in [3.63, 3.8) is 0 Å². The van der Waals surface area contributed by atoms with Crippen molar-refractivity contribution in [3.05, 3.63) is 29.6 Å². The first kappa shape index (κ1) is 30.5. The van der Waals surface area contributed by atoms with Crippen LogP contribution in [0.1, 0.15) is 83.5 Å². The van der Waals surface area contributed by atoms with Gasteiger partial charge in [0.15, 0.2) is 0 Å². The van der Waals surface area contributed by atoms with Crippen molar-refractivity contribution < 1.29 is 22.8 Å². The molecule has 230 valence electrons. The van der Waals surface area contributed by atoms with Crippen LogP contribution in [-0.2, 0) is 15.8 Å². The van der Waals surface area contributed by atoms with E-state index in [-0.39, 0.29) is 52.6 Å². The first-order chi connectivity index (χ1) is 19.8. The van der Waals surface area contributed by atoms with Crippen LogP contribution in [0.5, 0.6) is 0 Å². The molecule has 5 rings (SSSR count). The standard InChI is InChI=1S/C30H42F3N7O2/c1-17(41)35-24-16-20(39-29(2,3)4)6-8-25(24)40-14-11-23(28(40)42)37-27-21-15-19(30(31,32)33)5-7-22(21)36-26(38-27)18-9-12-34-13-10-18/h5,7,15,18,20,23-25,34,39H,6,8-14,16H2,1-4H3,(H,35,41)(H,36,37,38)/t20-,23+,24-,25+/m1/s1. The van der Waals surface area contributed by atoms with Crippen LogP contribution < -0.4 is 21.3 Å². The topological polar surface area (TPSA) is 111 Å². The highest BCUT2D eigenvalue weighted by molar-refractivity contribution is 5.93. The molecule has 1 aliphatic carbocycles. The van der Waals surface area contributed by atoms with Gasteiger partial charge in [0.1, 0.15) is 17.7 Å². The van der Waals surface area contributed by atoms with Crippen molar-refractivity contribution in [1.82, 2.24) is 30.8 Å². The Bertz CT molecular complexity index is 1310. The van der Waals surface area contributed by atoms with Gasteiger partial charge in [-0.05, 0) is 90.6 Å². The second kappa shape index (κ2) is 11.9. The predicted molar refractivity (Wildman–Crippen MR) is 155 cm³/mol. The SMILES string of the molecule is CC(=O)N[C@@H]1C[C@H](NC(C)(C)C)CC[C@@H]1N1CC[C@H](Nc2nc(C3CCNCC3)nc3ccc(C(F)(F)F)cc23)C1=O. The zero-order chi connectivity index (χ0) is 30.2. The molecule has 2 amide bonds. The minimum Gasteiger partial charge on any atom is -0.358 e. The van der Waals surface area contributed by atoms with E-state index in [1.807, 2.05) is 4.90 Å². The first-order valence-corrected chi connectivity index (χ1v) is 15.0. The van der Waals surface area contributed by atoms with Crippen molar-refractivity contribution in [2.45, 2.75) is 108 Å². The highest BCUT2D eigenvalue weighted by Gasteiger charge is 2.43. The quantitative estimate of drug-likeness (QED) is 0.404. The number of nitrogens with one attached hydrogen (secondary N) is 4. The summed E-state index contributed by atoms with van der Waals surface area (Å²) in [5, 5.41) is 13.5. The second-order valence-electron chi connectivity index (χ2n) is 13.0. The summed E-state index contributed by atoms with van der Waals surface area (Å²) in [6.07, 6.45) is -0.0477. The number of hydrogen-bond acceptors (Lipinski definition) is 7. The molecule has 0 unspecified atom stereocenters. The molecular weight excluding hydrogens is 547 g/mol. The van der Waals surface area contributed by atoms with Crippen LogP contribution in [0.4, 0.5) is 19.0 Å². The van der Waals surface area contributed by atoms with E-state index in [0.29, 0.717) is 30.7 Å². The minimum atomic E-state index is -4.52. The fourth-order valence-corrected chi connectivity index (χ4v) is 6.71. The molecule has 42 heavy (non-hydrogen) atoms. The van der Waals surface area contributed by atoms with Crippen molar-refractivity contribution in [2.24, 2.45) is 0 Å². The second-order valence-corrected chi connectivity index (χ2v) is 13.0. The molecule has 1 aromatic heterocycles. The van der Waals surface area contributed by atoms with E-state index in [0.717, 1.165) is 50.9 Å². The number of piperidine rings is 1. The predicted octanol–water partition coefficient (Wildman–Crippen LogP) is 3.94. The number of aromatic nitrogens is 2. The number of rotatable bonds is 6. The molecule has 0 bridgehead atoms. The Balaban J connectivity index is 1.40. The van der Waals surface area contributed by atoms with Crippen LogP contribution in [0.25, 0.3) is 10.9 Å². The number of anilines is 1. The van der Waals surface area contributed by atoms with Gasteiger partial charge in [0.25, 0.3) is 0 Å². The molecule has 3 fully saturated rings. The van der Waals surface area contributed by atoms with Crippen molar-refractivity contribution in [3.8, 4) is 0 Å². The third-order valence-corrected chi connectivity index (χ3v) is 8.54. The maximum Gasteiger partial charge on any atom is 0.416 e. The van der Waals surface area contributed by atoms with E-state index >= 15 is 0 Å². The van der Waals surface area contributed by atoms with Gasteiger partial charge in [0.2, 0.25) is 11.8 Å². The fraction of sp³-hybridized carbons (Fsp3) is 0.667. The minimum absolute atomic E-state index is 0.0734. The van der Waals surface area contributed by atoms with E-state index < -0.39 is 17.8 Å². The Labute approximate surface area is 244 Å². The molecule has 2 aromatic rings. The van der Waals surface area contributed by atoms with Gasteiger partial charge in [0, 0.05) is 36.4 Å². The summed E-state index contributed by atoms with van der Waals surface area (Å²) in [6.45, 7) is 9.95. The summed E-state index contributed by atoms with van der Waals surface area (Å²) in [6, 6.07) is 2.73. The van der Waals surface area contributed by atoms with Gasteiger partial charge in [0.05, 0.1) is 23.2 Å². The van der Waals surface area contributed by atoms with Crippen LogP contribution >= 0.6 is 0 Å². The van der Waals surface area contributed by atoms with Crippen LogP contribution in [0.3, 0.4) is 0 Å². The summed E-state index contributed by atoms with van der Waals surface area (Å²) in [5.41, 5.74) is -0.433. The average molecular weight is 590 g/mol. The molecule has 0 radical (unpaired) electrons. The molecule has 9 nitrogen and oxygen atoms in total. The van der Waals surface area contributed by atoms with Gasteiger partial charge in [-0.2, -0.15) is 13.2 Å². The van der Waals surface area contributed by atoms with Gasteiger partial charge in [-0.25, -0.2) is 9.97 Å². The molecule has 3 heterocycles. The number of benzene rings is 1. The molecule has 2 saturated heterocycles. The molecular formula is C30H42F3N7O2. The number of likely N-dealkylation sites (tertiary alicyclic amines) is 1. The smallest absolute Gasteiger partial charge is 0.358 e. The molecule has 12 heteroatoms. The Morgan fingerprint density at radius 2 is 1.79 bits per heavy atom. The Kier molecular flexibility index (Phi) is 8.67. The number of carbonyl (C=O) groups is 2. The van der Waals surface area contributed by atoms with E-state index in [2.05, 4.69) is 47.0 Å². The lowest BCUT2D eigenvalue weighted by molar-refractivity contribution is -0.137. The molecule has 4 atom stereocenters. The van der Waals surface area contributed by atoms with E-state index in [4.69, 9.17) is 4.98 Å². The number of nitrogens with zero attached hydrogens (tertiary/aromatic N) is 3. The number of carbonyl (C=O) groups excluding carboxylic acids is 2. The van der Waals surface area contributed by atoms with E-state index in [9.17, 15) is 22.8 Å². The Hall–Kier alpha value is -2.99. The molecule has 1 aromatic carbocycles. The normalized spacial score (nSPS) is 26.1. The Morgan fingerprint density at radius 3 is 2.45 bits per heavy atom. The summed E-state index contributed by atoms with van der Waals surface area (Å²) in [7, 11) is 0. The molecule has 3 aliphatic rings. The average Bonchev–Trinajstić information content (AvgIpc) is 3.26. The summed E-state index contributed by atoms with van der Waals surface area (Å²) < 4.78 is 40.9. The van der Waals surface area contributed by atoms with Crippen molar-refractivity contribution in [1.29, 1.82) is 0 Å². The highest BCUT2D eigenvalue weighted by Crippen LogP contribution is 2.35. The van der Waals surface area contributed by atoms with Gasteiger partial charge >= 0.3 is 6.18 Å². The number of alkyl halides is 3. The number of hydrogen-bond donors (Lipinski definition) is 4. The maximum atomic E-state index is 13.8. The molecule has 4 N–H and O–H groups in total. The van der Waals surface area contributed by atoms with Gasteiger partial charge in [-0.3, -0.25) is 9.59 Å². The largest absolute Gasteiger partial charge is 0.416 e. The first-order valence-electron chi connectivity index (χ1n) is 15.0. The zero-order valence-electron chi connectivity index (χ0n) is 24.8. The zero-order valence-corrected chi connectivity index (χ0v) is 24.8. The Morgan fingerprint density at radius 1 is 1.05 bits per heavy atom. The summed E-state index contributed by atoms with van der Waals surface area (Å²) in [4.78, 5) is 37.1. The number of fused-ring (bicyclic) bond motifs is 1. The van der Waals surface area contributed by atoms with Gasteiger partial charge in [-0.15, -0.1) is 0 Å². The lowest BCUT2D eigenvalue weighted by Gasteiger charge is -2.43. The molecule has 0 spiro atoms. The van der Waals surface area contributed by atoms with E-state index in [1.165, 1.54) is 13.0 Å². The van der Waals surface area contributed by atoms with Crippen molar-refractivity contribution in [2.75, 3.05) is 25.0 Å². The summed E-state index contributed by atoms with van der Waals surface area (Å²) >= 11 is 0. The monoisotopic (exact) mass is 589 g/mol. The summed E-state index contributed by atoms with van der Waals surface area (Å²) in [5.74, 6) is 0.672. The number of amides is 2. The highest BCUT2D eigenvalue weighted by atomic mass is 19.4. The third-order valence-electron chi connectivity index (χ3n) is 8.54. The van der Waals surface area contributed by atoms with E-state index in [1.54, 1.807) is 0 Å². The van der Waals surface area contributed by atoms with Crippen LogP contribution in [0, 0.1) is 0 Å². The van der Waals surface area contributed by atoms with Crippen LogP contribution in [0.15, 0.2) is 18.2 Å². The van der Waals surface area contributed by atoms with Gasteiger partial charge in [-0.1, -0.05) is 0 Å². The molecule has 2 aliphatic heterocycles. The lowest BCUT2D eigenvalue weighted by atomic mass is 9.84. The maximum absolute atomic E-state index is 13.8. The van der Waals surface area contributed by atoms with Crippen LogP contribution in [-0.4, -0.2) is 76.0 Å². The third kappa shape index (κ3) is 6.96. The molecule has 1 saturated carbocycles. The van der Waals surface area contributed by atoms with Crippen molar-refractivity contribution >= 4 is 28.5 Å². The fourth-order valence-electron chi connectivity index (χ4n) is 6.71.